The largest absolute Gasteiger partial charge is 0.371 e. The van der Waals surface area contributed by atoms with E-state index in [1.54, 1.807) is 4.68 Å². The summed E-state index contributed by atoms with van der Waals surface area (Å²) in [5.74, 6) is -0.144. The zero-order valence-electron chi connectivity index (χ0n) is 17.7. The van der Waals surface area contributed by atoms with Gasteiger partial charge in [0.1, 0.15) is 0 Å². The summed E-state index contributed by atoms with van der Waals surface area (Å²) in [4.78, 5) is 27.5. The maximum atomic E-state index is 12.6. The maximum Gasteiger partial charge on any atom is 0.274 e. The van der Waals surface area contributed by atoms with E-state index in [4.69, 9.17) is 0 Å². The van der Waals surface area contributed by atoms with Crippen LogP contribution < -0.4 is 15.5 Å². The number of anilines is 1. The number of hydrogen-bond donors (Lipinski definition) is 2. The summed E-state index contributed by atoms with van der Waals surface area (Å²) in [6.07, 6.45) is 3.98. The minimum Gasteiger partial charge on any atom is -0.371 e. The molecule has 2 N–H and O–H groups in total. The molecular formula is C22H30N6O2. The van der Waals surface area contributed by atoms with Crippen LogP contribution in [0.2, 0.25) is 0 Å². The third-order valence-electron chi connectivity index (χ3n) is 5.75. The predicted octanol–water partition coefficient (Wildman–Crippen LogP) is 2.01. The van der Waals surface area contributed by atoms with Crippen molar-refractivity contribution in [3.63, 3.8) is 0 Å². The smallest absolute Gasteiger partial charge is 0.274 e. The second kappa shape index (κ2) is 8.85. The van der Waals surface area contributed by atoms with Crippen LogP contribution in [-0.4, -0.2) is 52.5 Å². The van der Waals surface area contributed by atoms with Crippen LogP contribution >= 0.6 is 0 Å². The van der Waals surface area contributed by atoms with Crippen molar-refractivity contribution in [3.8, 4) is 0 Å². The first kappa shape index (κ1) is 20.4. The lowest BCUT2D eigenvalue weighted by molar-refractivity contribution is 0.0870. The molecule has 0 bridgehead atoms. The number of rotatable bonds is 7. The highest BCUT2D eigenvalue weighted by Gasteiger charge is 2.32. The molecule has 0 saturated heterocycles. The Kier molecular flexibility index (Phi) is 6.01. The van der Waals surface area contributed by atoms with E-state index in [2.05, 4.69) is 64.0 Å². The van der Waals surface area contributed by atoms with Gasteiger partial charge in [-0.2, -0.15) is 0 Å². The quantitative estimate of drug-likeness (QED) is 0.682. The fourth-order valence-electron chi connectivity index (χ4n) is 4.43. The number of amides is 2. The number of aromatic nitrogens is 3. The number of nitrogens with one attached hydrogen (secondary N) is 2. The van der Waals surface area contributed by atoms with Crippen LogP contribution in [0.1, 0.15) is 59.7 Å². The van der Waals surface area contributed by atoms with Gasteiger partial charge in [0.05, 0.1) is 6.54 Å². The van der Waals surface area contributed by atoms with Crippen molar-refractivity contribution in [1.29, 1.82) is 0 Å². The molecule has 3 heterocycles. The van der Waals surface area contributed by atoms with Crippen LogP contribution in [0.4, 0.5) is 5.69 Å². The van der Waals surface area contributed by atoms with Crippen molar-refractivity contribution in [3.05, 3.63) is 41.2 Å². The molecule has 0 fully saturated rings. The van der Waals surface area contributed by atoms with Crippen molar-refractivity contribution in [2.75, 3.05) is 24.5 Å². The van der Waals surface area contributed by atoms with Crippen LogP contribution in [0.25, 0.3) is 0 Å². The Morgan fingerprint density at radius 2 is 2.17 bits per heavy atom. The van der Waals surface area contributed by atoms with E-state index in [1.807, 2.05) is 0 Å². The Morgan fingerprint density at radius 3 is 3.00 bits per heavy atom. The number of carbonyl (C=O) groups excluding carboxylic acids is 2. The predicted molar refractivity (Wildman–Crippen MR) is 115 cm³/mol. The van der Waals surface area contributed by atoms with E-state index >= 15 is 0 Å². The molecule has 8 nitrogen and oxygen atoms in total. The molecule has 0 aliphatic carbocycles. The van der Waals surface area contributed by atoms with Crippen molar-refractivity contribution in [1.82, 2.24) is 25.6 Å². The molecule has 160 valence electrons. The van der Waals surface area contributed by atoms with Gasteiger partial charge in [-0.3, -0.25) is 9.59 Å². The molecule has 30 heavy (non-hydrogen) atoms. The summed E-state index contributed by atoms with van der Waals surface area (Å²) in [6, 6.07) is 8.54. The zero-order chi connectivity index (χ0) is 21.1. The van der Waals surface area contributed by atoms with E-state index in [0.29, 0.717) is 19.0 Å². The Morgan fingerprint density at radius 1 is 1.33 bits per heavy atom. The standard InChI is InChI=1S/C22H30N6O2/c1-15(2)13-17-14-28-20(22(30)24-17)19(25-26-28)21(29)23-10-6-12-27-11-5-8-16-7-3-4-9-18(16)27/h3-4,7,9,15,17H,5-6,8,10-14H2,1-2H3,(H,23,29)(H,24,30)/t17-/m0/s1. The summed E-state index contributed by atoms with van der Waals surface area (Å²) in [5.41, 5.74) is 3.07. The molecule has 0 saturated carbocycles. The minimum absolute atomic E-state index is 0.0232. The van der Waals surface area contributed by atoms with Crippen molar-refractivity contribution in [2.45, 2.75) is 52.1 Å². The molecular weight excluding hydrogens is 380 g/mol. The van der Waals surface area contributed by atoms with Gasteiger partial charge in [-0.25, -0.2) is 4.68 Å². The first-order valence-electron chi connectivity index (χ1n) is 10.9. The van der Waals surface area contributed by atoms with Crippen LogP contribution in [0.3, 0.4) is 0 Å². The molecule has 2 aromatic rings. The maximum absolute atomic E-state index is 12.6. The monoisotopic (exact) mass is 410 g/mol. The minimum atomic E-state index is -0.340. The number of aryl methyl sites for hydroxylation is 1. The number of benzene rings is 1. The molecule has 4 rings (SSSR count). The number of hydrogen-bond acceptors (Lipinski definition) is 5. The van der Waals surface area contributed by atoms with Gasteiger partial charge in [0.15, 0.2) is 11.4 Å². The number of fused-ring (bicyclic) bond motifs is 2. The summed E-state index contributed by atoms with van der Waals surface area (Å²) in [7, 11) is 0. The average molecular weight is 411 g/mol. The third kappa shape index (κ3) is 4.32. The highest BCUT2D eigenvalue weighted by Crippen LogP contribution is 2.26. The van der Waals surface area contributed by atoms with E-state index in [-0.39, 0.29) is 29.2 Å². The summed E-state index contributed by atoms with van der Waals surface area (Å²) in [5, 5.41) is 13.9. The molecule has 2 aliphatic heterocycles. The summed E-state index contributed by atoms with van der Waals surface area (Å²) >= 11 is 0. The lowest BCUT2D eigenvalue weighted by Crippen LogP contribution is -2.46. The third-order valence-corrected chi connectivity index (χ3v) is 5.75. The fraction of sp³-hybridized carbons (Fsp3) is 0.545. The van der Waals surface area contributed by atoms with Crippen molar-refractivity contribution >= 4 is 17.5 Å². The molecule has 0 radical (unpaired) electrons. The van der Waals surface area contributed by atoms with Crippen LogP contribution in [-0.2, 0) is 13.0 Å². The Labute approximate surface area is 177 Å². The van der Waals surface area contributed by atoms with Gasteiger partial charge in [-0.05, 0) is 43.2 Å². The molecule has 1 aromatic heterocycles. The molecule has 2 aliphatic rings. The normalized spacial score (nSPS) is 18.0. The summed E-state index contributed by atoms with van der Waals surface area (Å²) in [6.45, 7) is 7.24. The molecule has 0 unspecified atom stereocenters. The lowest BCUT2D eigenvalue weighted by Gasteiger charge is -2.31. The van der Waals surface area contributed by atoms with Crippen LogP contribution in [0.5, 0.6) is 0 Å². The average Bonchev–Trinajstić information content (AvgIpc) is 3.15. The van der Waals surface area contributed by atoms with Gasteiger partial charge in [-0.1, -0.05) is 37.3 Å². The van der Waals surface area contributed by atoms with Gasteiger partial charge in [0.2, 0.25) is 0 Å². The number of para-hydroxylation sites is 1. The topological polar surface area (TPSA) is 92.2 Å². The SMILES string of the molecule is CC(C)C[C@H]1Cn2nnc(C(=O)NCCCN3CCCc4ccccc43)c2C(=O)N1. The molecule has 2 amide bonds. The second-order valence-electron chi connectivity index (χ2n) is 8.60. The van der Waals surface area contributed by atoms with E-state index < -0.39 is 0 Å². The van der Waals surface area contributed by atoms with Gasteiger partial charge in [0.25, 0.3) is 11.8 Å². The zero-order valence-corrected chi connectivity index (χ0v) is 17.7. The Hall–Kier alpha value is -2.90. The highest BCUT2D eigenvalue weighted by molar-refractivity contribution is 6.05. The summed E-state index contributed by atoms with van der Waals surface area (Å²) < 4.78 is 1.56. The lowest BCUT2D eigenvalue weighted by atomic mass is 10.0. The molecule has 0 spiro atoms. The Balaban J connectivity index is 1.31. The van der Waals surface area contributed by atoms with E-state index in [1.165, 1.54) is 11.3 Å². The Bertz CT molecular complexity index is 922. The fourth-order valence-corrected chi connectivity index (χ4v) is 4.43. The highest BCUT2D eigenvalue weighted by atomic mass is 16.2. The van der Waals surface area contributed by atoms with Crippen molar-refractivity contribution < 1.29 is 9.59 Å². The number of nitrogens with zero attached hydrogens (tertiary/aromatic N) is 4. The van der Waals surface area contributed by atoms with Crippen molar-refractivity contribution in [2.24, 2.45) is 5.92 Å². The van der Waals surface area contributed by atoms with E-state index in [0.717, 1.165) is 38.8 Å². The van der Waals surface area contributed by atoms with Gasteiger partial charge in [0, 0.05) is 31.4 Å². The first-order chi connectivity index (χ1) is 14.5. The van der Waals surface area contributed by atoms with Crippen LogP contribution in [0.15, 0.2) is 24.3 Å². The van der Waals surface area contributed by atoms with E-state index in [9.17, 15) is 9.59 Å². The molecule has 8 heteroatoms. The molecule has 1 atom stereocenters. The first-order valence-corrected chi connectivity index (χ1v) is 10.9. The second-order valence-corrected chi connectivity index (χ2v) is 8.60. The van der Waals surface area contributed by atoms with Crippen LogP contribution in [0, 0.1) is 5.92 Å². The van der Waals surface area contributed by atoms with Gasteiger partial charge in [-0.15, -0.1) is 5.10 Å². The molecule has 1 aromatic carbocycles. The van der Waals surface area contributed by atoms with Gasteiger partial charge >= 0.3 is 0 Å². The van der Waals surface area contributed by atoms with Gasteiger partial charge < -0.3 is 15.5 Å². The number of carbonyl (C=O) groups is 2.